The Morgan fingerprint density at radius 3 is 2.88 bits per heavy atom. The lowest BCUT2D eigenvalue weighted by molar-refractivity contribution is 0.303. The molecule has 1 aliphatic carbocycles. The minimum absolute atomic E-state index is 0.179. The second-order valence-corrected chi connectivity index (χ2v) is 4.23. The lowest BCUT2D eigenvalue weighted by Crippen LogP contribution is -2.01. The predicted molar refractivity (Wildman–Crippen MR) is 63.7 cm³/mol. The van der Waals surface area contributed by atoms with Gasteiger partial charge in [-0.2, -0.15) is 5.26 Å². The second-order valence-electron chi connectivity index (χ2n) is 4.23. The van der Waals surface area contributed by atoms with Crippen molar-refractivity contribution in [3.8, 4) is 6.07 Å². The molecular formula is C14H15NO. The molecule has 2 nitrogen and oxygen atoms in total. The highest BCUT2D eigenvalue weighted by atomic mass is 16.2. The van der Waals surface area contributed by atoms with Crippen molar-refractivity contribution in [2.24, 2.45) is 0 Å². The maximum atomic E-state index is 9.11. The summed E-state index contributed by atoms with van der Waals surface area (Å²) in [4.78, 5) is 0. The molecule has 0 radical (unpaired) electrons. The third-order valence-corrected chi connectivity index (χ3v) is 3.01. The Morgan fingerprint density at radius 1 is 1.44 bits per heavy atom. The molecule has 1 fully saturated rings. The van der Waals surface area contributed by atoms with Crippen LogP contribution in [0.15, 0.2) is 30.3 Å². The summed E-state index contributed by atoms with van der Waals surface area (Å²) < 4.78 is 0. The number of nitrogens with zero attached hydrogens (tertiary/aromatic N) is 1. The van der Waals surface area contributed by atoms with Gasteiger partial charge < -0.3 is 5.11 Å². The smallest absolute Gasteiger partial charge is 0.0824 e. The van der Waals surface area contributed by atoms with Crippen LogP contribution < -0.4 is 0 Å². The van der Waals surface area contributed by atoms with Gasteiger partial charge in [0.1, 0.15) is 0 Å². The van der Waals surface area contributed by atoms with Gasteiger partial charge in [0.05, 0.1) is 11.5 Å². The highest BCUT2D eigenvalue weighted by molar-refractivity contribution is 5.53. The van der Waals surface area contributed by atoms with E-state index in [0.29, 0.717) is 6.42 Å². The molecule has 82 valence electrons. The minimum atomic E-state index is -0.208. The summed E-state index contributed by atoms with van der Waals surface area (Å²) in [6.45, 7) is 0.179. The molecule has 1 saturated carbocycles. The molecule has 0 amide bonds. The van der Waals surface area contributed by atoms with E-state index >= 15 is 0 Å². The normalized spacial score (nSPS) is 17.2. The van der Waals surface area contributed by atoms with Crippen molar-refractivity contribution < 1.29 is 5.11 Å². The molecule has 0 aromatic heterocycles. The maximum Gasteiger partial charge on any atom is 0.0824 e. The lowest BCUT2D eigenvalue weighted by atomic mass is 9.96. The van der Waals surface area contributed by atoms with E-state index < -0.39 is 0 Å². The quantitative estimate of drug-likeness (QED) is 0.835. The highest BCUT2D eigenvalue weighted by Crippen LogP contribution is 2.47. The molecule has 0 saturated heterocycles. The standard InChI is InChI=1S/C14H15NO/c15-11-14(7-8-14)13-6-3-5-12(10-13)4-1-2-9-16/h1,3-6,10,16H,2,7-9H2. The van der Waals surface area contributed by atoms with Crippen molar-refractivity contribution in [3.63, 3.8) is 0 Å². The molecule has 0 spiro atoms. The SMILES string of the molecule is N#CC1(c2cccc(C=CCCO)c2)CC1. The summed E-state index contributed by atoms with van der Waals surface area (Å²) in [5.41, 5.74) is 2.02. The van der Waals surface area contributed by atoms with Crippen molar-refractivity contribution >= 4 is 6.08 Å². The zero-order valence-electron chi connectivity index (χ0n) is 9.19. The molecule has 0 aliphatic heterocycles. The first-order valence-corrected chi connectivity index (χ1v) is 5.60. The van der Waals surface area contributed by atoms with Gasteiger partial charge in [-0.05, 0) is 30.4 Å². The number of hydrogen-bond donors (Lipinski definition) is 1. The van der Waals surface area contributed by atoms with Gasteiger partial charge in [-0.15, -0.1) is 0 Å². The van der Waals surface area contributed by atoms with Crippen LogP contribution in [-0.2, 0) is 5.41 Å². The van der Waals surface area contributed by atoms with Gasteiger partial charge in [-0.3, -0.25) is 0 Å². The summed E-state index contributed by atoms with van der Waals surface area (Å²) in [7, 11) is 0. The number of benzene rings is 1. The molecule has 1 aliphatic rings. The van der Waals surface area contributed by atoms with Crippen LogP contribution in [0.25, 0.3) is 6.08 Å². The van der Waals surface area contributed by atoms with Crippen molar-refractivity contribution in [1.82, 2.24) is 0 Å². The maximum absolute atomic E-state index is 9.11. The number of rotatable bonds is 4. The van der Waals surface area contributed by atoms with Crippen molar-refractivity contribution in [1.29, 1.82) is 5.26 Å². The summed E-state index contributed by atoms with van der Waals surface area (Å²) >= 11 is 0. The summed E-state index contributed by atoms with van der Waals surface area (Å²) in [5, 5.41) is 17.8. The van der Waals surface area contributed by atoms with E-state index in [1.54, 1.807) is 0 Å². The highest BCUT2D eigenvalue weighted by Gasteiger charge is 2.44. The first-order valence-electron chi connectivity index (χ1n) is 5.60. The summed E-state index contributed by atoms with van der Waals surface area (Å²) in [5.74, 6) is 0. The lowest BCUT2D eigenvalue weighted by Gasteiger charge is -2.06. The van der Waals surface area contributed by atoms with E-state index in [-0.39, 0.29) is 12.0 Å². The Morgan fingerprint density at radius 2 is 2.25 bits per heavy atom. The molecule has 1 aromatic rings. The number of aliphatic hydroxyl groups is 1. The molecule has 1 N–H and O–H groups in total. The van der Waals surface area contributed by atoms with Crippen molar-refractivity contribution in [2.45, 2.75) is 24.7 Å². The molecule has 2 rings (SSSR count). The van der Waals surface area contributed by atoms with Crippen LogP contribution in [-0.4, -0.2) is 11.7 Å². The monoisotopic (exact) mass is 213 g/mol. The van der Waals surface area contributed by atoms with Gasteiger partial charge in [0.15, 0.2) is 0 Å². The number of aliphatic hydroxyl groups excluding tert-OH is 1. The molecule has 0 atom stereocenters. The topological polar surface area (TPSA) is 44.0 Å². The largest absolute Gasteiger partial charge is 0.396 e. The Balaban J connectivity index is 2.18. The fraction of sp³-hybridized carbons (Fsp3) is 0.357. The third kappa shape index (κ3) is 2.15. The van der Waals surface area contributed by atoms with Crippen LogP contribution in [0.3, 0.4) is 0 Å². The van der Waals surface area contributed by atoms with Gasteiger partial charge in [0.25, 0.3) is 0 Å². The van der Waals surface area contributed by atoms with E-state index in [1.807, 2.05) is 30.4 Å². The van der Waals surface area contributed by atoms with Crippen LogP contribution in [0.2, 0.25) is 0 Å². The fourth-order valence-electron chi connectivity index (χ4n) is 1.82. The average molecular weight is 213 g/mol. The molecular weight excluding hydrogens is 198 g/mol. The van der Waals surface area contributed by atoms with E-state index in [4.69, 9.17) is 10.4 Å². The molecule has 1 aromatic carbocycles. The number of hydrogen-bond acceptors (Lipinski definition) is 2. The van der Waals surface area contributed by atoms with Gasteiger partial charge in [0.2, 0.25) is 0 Å². The van der Waals surface area contributed by atoms with Crippen LogP contribution in [0, 0.1) is 11.3 Å². The summed E-state index contributed by atoms with van der Waals surface area (Å²) in [6.07, 6.45) is 6.58. The van der Waals surface area contributed by atoms with Crippen molar-refractivity contribution in [2.75, 3.05) is 6.61 Å². The Hall–Kier alpha value is -1.59. The van der Waals surface area contributed by atoms with Crippen LogP contribution in [0.5, 0.6) is 0 Å². The van der Waals surface area contributed by atoms with Gasteiger partial charge in [-0.1, -0.05) is 36.4 Å². The van der Waals surface area contributed by atoms with Crippen molar-refractivity contribution in [3.05, 3.63) is 41.5 Å². The Bertz CT molecular complexity index is 438. The third-order valence-electron chi connectivity index (χ3n) is 3.01. The second kappa shape index (κ2) is 4.51. The van der Waals surface area contributed by atoms with Gasteiger partial charge in [0, 0.05) is 6.61 Å². The molecule has 0 bridgehead atoms. The molecule has 16 heavy (non-hydrogen) atoms. The predicted octanol–water partition coefficient (Wildman–Crippen LogP) is 2.64. The Labute approximate surface area is 95.8 Å². The van der Waals surface area contributed by atoms with Crippen LogP contribution in [0.4, 0.5) is 0 Å². The molecule has 0 unspecified atom stereocenters. The number of nitriles is 1. The molecule has 2 heteroatoms. The first kappa shape index (κ1) is 10.9. The minimum Gasteiger partial charge on any atom is -0.396 e. The average Bonchev–Trinajstić information content (AvgIpc) is 3.11. The zero-order chi connectivity index (χ0) is 11.4. The molecule has 0 heterocycles. The van der Waals surface area contributed by atoms with E-state index in [0.717, 1.165) is 24.0 Å². The van der Waals surface area contributed by atoms with Crippen LogP contribution in [0.1, 0.15) is 30.4 Å². The fourth-order valence-corrected chi connectivity index (χ4v) is 1.82. The van der Waals surface area contributed by atoms with Gasteiger partial charge in [-0.25, -0.2) is 0 Å². The summed E-state index contributed by atoms with van der Waals surface area (Å²) in [6, 6.07) is 10.5. The van der Waals surface area contributed by atoms with Gasteiger partial charge >= 0.3 is 0 Å². The Kier molecular flexibility index (Phi) is 3.07. The first-order chi connectivity index (χ1) is 7.80. The zero-order valence-corrected chi connectivity index (χ0v) is 9.19. The van der Waals surface area contributed by atoms with E-state index in [2.05, 4.69) is 12.1 Å². The van der Waals surface area contributed by atoms with Crippen LogP contribution >= 0.6 is 0 Å². The van der Waals surface area contributed by atoms with E-state index in [1.165, 1.54) is 0 Å². The van der Waals surface area contributed by atoms with E-state index in [9.17, 15) is 0 Å².